The largest absolute Gasteiger partial charge is 0.342 e. The highest BCUT2D eigenvalue weighted by Crippen LogP contribution is 2.39. The second-order valence-electron chi connectivity index (χ2n) is 27.2. The van der Waals surface area contributed by atoms with Gasteiger partial charge in [-0.05, 0) is 116 Å². The number of carbonyl (C=O) groups is 8. The average molecular weight is 1010 g/mol. The molecule has 0 bridgehead atoms. The molecule has 0 aromatic carbocycles. The summed E-state index contributed by atoms with van der Waals surface area (Å²) < 4.78 is 0. The van der Waals surface area contributed by atoms with Crippen LogP contribution in [0.5, 0.6) is 0 Å². The molecule has 4 aliphatic heterocycles. The molecule has 1 saturated carbocycles. The quantitative estimate of drug-likeness (QED) is 0.0725. The van der Waals surface area contributed by atoms with Gasteiger partial charge in [0.15, 0.2) is 0 Å². The molecule has 4 atom stereocenters. The minimum atomic E-state index is -0.212. The molecule has 0 spiro atoms. The van der Waals surface area contributed by atoms with Crippen molar-refractivity contribution in [2.45, 2.75) is 237 Å². The van der Waals surface area contributed by atoms with E-state index in [-0.39, 0.29) is 63.0 Å². The first-order valence-electron chi connectivity index (χ1n) is 28.9. The molecular weight excluding hydrogens is 905 g/mol. The first-order valence-corrected chi connectivity index (χ1v) is 28.9. The molecule has 5 fully saturated rings. The Balaban J connectivity index is 0.000000313. The van der Waals surface area contributed by atoms with E-state index in [9.17, 15) is 38.4 Å². The zero-order chi connectivity index (χ0) is 53.6. The van der Waals surface area contributed by atoms with Crippen LogP contribution in [0.1, 0.15) is 237 Å². The minimum absolute atomic E-state index is 0.00747. The minimum Gasteiger partial charge on any atom is -0.342 e. The number of carbonyl (C=O) groups excluding carboxylic acids is 8. The number of ketones is 2. The Kier molecular flexibility index (Phi) is 23.2. The van der Waals surface area contributed by atoms with E-state index in [1.54, 1.807) is 0 Å². The smallest absolute Gasteiger partial charge is 0.233 e. The van der Waals surface area contributed by atoms with Gasteiger partial charge in [-0.1, -0.05) is 115 Å². The molecule has 4 saturated heterocycles. The van der Waals surface area contributed by atoms with Crippen LogP contribution in [0.15, 0.2) is 0 Å². The van der Waals surface area contributed by atoms with E-state index in [0.29, 0.717) is 99.2 Å². The molecule has 6 amide bonds. The highest BCUT2D eigenvalue weighted by molar-refractivity contribution is 6.04. The molecule has 12 nitrogen and oxygen atoms in total. The lowest BCUT2D eigenvalue weighted by Crippen LogP contribution is -2.38. The molecule has 5 rings (SSSR count). The monoisotopic (exact) mass is 1010 g/mol. The van der Waals surface area contributed by atoms with Gasteiger partial charge in [-0.2, -0.15) is 0 Å². The maximum Gasteiger partial charge on any atom is 0.233 e. The number of imide groups is 2. The summed E-state index contributed by atoms with van der Waals surface area (Å²) in [6.45, 7) is 30.3. The summed E-state index contributed by atoms with van der Waals surface area (Å²) >= 11 is 0. The number of unbranched alkanes of at least 4 members (excludes halogenated alkanes) is 8. The molecule has 0 aromatic heterocycles. The maximum atomic E-state index is 12.8. The molecule has 4 unspecified atom stereocenters. The van der Waals surface area contributed by atoms with Crippen LogP contribution in [0.2, 0.25) is 0 Å². The molecule has 0 aromatic rings. The average Bonchev–Trinajstić information content (AvgIpc) is 4.11. The van der Waals surface area contributed by atoms with Crippen molar-refractivity contribution >= 4 is 47.0 Å². The molecule has 0 radical (unpaired) electrons. The van der Waals surface area contributed by atoms with E-state index < -0.39 is 0 Å². The van der Waals surface area contributed by atoms with Crippen molar-refractivity contribution in [3.63, 3.8) is 0 Å². The van der Waals surface area contributed by atoms with Gasteiger partial charge in [-0.25, -0.2) is 0 Å². The number of likely N-dealkylation sites (tertiary alicyclic amines) is 4. The molecular formula is C60H102N4O8. The fourth-order valence-electron chi connectivity index (χ4n) is 11.8. The molecule has 0 N–H and O–H groups in total. The van der Waals surface area contributed by atoms with Gasteiger partial charge < -0.3 is 9.80 Å². The lowest BCUT2D eigenvalue weighted by atomic mass is 9.78. The summed E-state index contributed by atoms with van der Waals surface area (Å²) in [5, 5.41) is 0. The zero-order valence-electron chi connectivity index (χ0n) is 47.7. The predicted octanol–water partition coefficient (Wildman–Crippen LogP) is 11.8. The zero-order valence-corrected chi connectivity index (χ0v) is 47.7. The lowest BCUT2D eigenvalue weighted by molar-refractivity contribution is -0.142. The van der Waals surface area contributed by atoms with Gasteiger partial charge >= 0.3 is 0 Å². The highest BCUT2D eigenvalue weighted by Gasteiger charge is 2.46. The third kappa shape index (κ3) is 19.0. The van der Waals surface area contributed by atoms with Gasteiger partial charge in [-0.3, -0.25) is 48.2 Å². The third-order valence-electron chi connectivity index (χ3n) is 17.4. The normalized spacial score (nSPS) is 24.4. The van der Waals surface area contributed by atoms with Gasteiger partial charge in [0.2, 0.25) is 35.4 Å². The Hall–Kier alpha value is -3.44. The standard InChI is InChI=1S/C31H52N2O4.C29H50N2O4/c1-30(2,3)24-17-18-32(21-24)27(35)12-10-8-7-9-11-26(34)23-15-13-22(14-16-23)20-33-28(36)19-25(29(33)37)31(4,5)6;1-28(2,3)22-17-19-30(21-22)25(33)16-12-8-7-10-14-23(32)15-11-9-13-18-31-26(34)20-24(27(31)35)29(4,5)6/h22-25H,7-21H2,1-6H3;22,24H,7-21H2,1-6H3. The Labute approximate surface area is 437 Å². The van der Waals surface area contributed by atoms with Gasteiger partial charge in [0.1, 0.15) is 11.6 Å². The topological polar surface area (TPSA) is 150 Å². The summed E-state index contributed by atoms with van der Waals surface area (Å²) in [6.07, 6.45) is 19.7. The summed E-state index contributed by atoms with van der Waals surface area (Å²) in [6, 6.07) is 0. The van der Waals surface area contributed by atoms with E-state index in [4.69, 9.17) is 0 Å². The van der Waals surface area contributed by atoms with Crippen molar-refractivity contribution in [1.29, 1.82) is 0 Å². The van der Waals surface area contributed by atoms with Crippen LogP contribution in [0.4, 0.5) is 0 Å². The Morgan fingerprint density at radius 3 is 1.24 bits per heavy atom. The number of hydrogen-bond donors (Lipinski definition) is 0. The molecule has 5 aliphatic rings. The summed E-state index contributed by atoms with van der Waals surface area (Å²) in [4.78, 5) is 107. The van der Waals surface area contributed by atoms with Crippen LogP contribution in [0, 0.1) is 57.2 Å². The first kappa shape index (κ1) is 61.1. The second kappa shape index (κ2) is 27.4. The van der Waals surface area contributed by atoms with Crippen LogP contribution in [0.25, 0.3) is 0 Å². The molecule has 4 heterocycles. The third-order valence-corrected chi connectivity index (χ3v) is 17.4. The first-order chi connectivity index (χ1) is 33.6. The fourth-order valence-corrected chi connectivity index (χ4v) is 11.8. The van der Waals surface area contributed by atoms with E-state index in [0.717, 1.165) is 135 Å². The van der Waals surface area contributed by atoms with Crippen molar-refractivity contribution in [2.24, 2.45) is 57.2 Å². The van der Waals surface area contributed by atoms with Crippen molar-refractivity contribution in [2.75, 3.05) is 39.3 Å². The van der Waals surface area contributed by atoms with E-state index in [1.165, 1.54) is 9.80 Å². The van der Waals surface area contributed by atoms with Gasteiger partial charge in [-0.15, -0.1) is 0 Å². The molecule has 1 aliphatic carbocycles. The van der Waals surface area contributed by atoms with E-state index >= 15 is 0 Å². The SMILES string of the molecule is CC(C)(C)C1CCN(C(=O)CCCCCCC(=O)C2CCC(CN3C(=O)CC(C(C)(C)C)C3=O)CC2)C1.CC(C)(C)C1CCN(C(=O)CCCCCCC(=O)CCCCCN2C(=O)CC(C(C)(C)C)C2=O)C1. The molecule has 72 heavy (non-hydrogen) atoms. The fraction of sp³-hybridized carbons (Fsp3) is 0.867. The van der Waals surface area contributed by atoms with Crippen molar-refractivity contribution in [3.8, 4) is 0 Å². The lowest BCUT2D eigenvalue weighted by Gasteiger charge is -2.31. The van der Waals surface area contributed by atoms with E-state index in [1.807, 2.05) is 51.3 Å². The number of hydrogen-bond acceptors (Lipinski definition) is 8. The highest BCUT2D eigenvalue weighted by atomic mass is 16.2. The number of amides is 6. The van der Waals surface area contributed by atoms with Crippen molar-refractivity contribution < 1.29 is 38.4 Å². The number of Topliss-reactive ketones (excluding diaryl/α,β-unsaturated/α-hetero) is 2. The van der Waals surface area contributed by atoms with Crippen LogP contribution in [0.3, 0.4) is 0 Å². The summed E-state index contributed by atoms with van der Waals surface area (Å²) in [5.74, 6) is 2.38. The van der Waals surface area contributed by atoms with Crippen LogP contribution in [-0.2, 0) is 38.4 Å². The summed E-state index contributed by atoms with van der Waals surface area (Å²) in [5.41, 5.74) is 0.156. The van der Waals surface area contributed by atoms with E-state index in [2.05, 4.69) is 41.5 Å². The number of rotatable bonds is 23. The van der Waals surface area contributed by atoms with Gasteiger partial charge in [0, 0.05) is 90.1 Å². The van der Waals surface area contributed by atoms with Crippen LogP contribution >= 0.6 is 0 Å². The van der Waals surface area contributed by atoms with Crippen LogP contribution < -0.4 is 0 Å². The Morgan fingerprint density at radius 2 is 0.833 bits per heavy atom. The molecule has 12 heteroatoms. The second-order valence-corrected chi connectivity index (χ2v) is 27.2. The van der Waals surface area contributed by atoms with Crippen LogP contribution in [-0.4, -0.2) is 106 Å². The van der Waals surface area contributed by atoms with Crippen molar-refractivity contribution in [1.82, 2.24) is 19.6 Å². The maximum absolute atomic E-state index is 12.8. The Morgan fingerprint density at radius 1 is 0.444 bits per heavy atom. The number of nitrogens with zero attached hydrogens (tertiary/aromatic N) is 4. The van der Waals surface area contributed by atoms with Gasteiger partial charge in [0.25, 0.3) is 0 Å². The van der Waals surface area contributed by atoms with Gasteiger partial charge in [0.05, 0.1) is 11.8 Å². The molecule has 410 valence electrons. The summed E-state index contributed by atoms with van der Waals surface area (Å²) in [7, 11) is 0. The van der Waals surface area contributed by atoms with Crippen molar-refractivity contribution in [3.05, 3.63) is 0 Å². The Bertz CT molecular complexity index is 1840. The predicted molar refractivity (Wildman–Crippen MR) is 286 cm³/mol.